The van der Waals surface area contributed by atoms with Crippen LogP contribution in [-0.2, 0) is 11.3 Å². The number of Topliss-reactive ketones (excluding diaryl/α,β-unsaturated/α-hetero) is 1. The molecule has 0 amide bonds. The molecule has 2 aliphatic heterocycles. The Labute approximate surface area is 184 Å². The maximum absolute atomic E-state index is 13.2. The highest BCUT2D eigenvalue weighted by Crippen LogP contribution is 2.44. The van der Waals surface area contributed by atoms with E-state index in [1.54, 1.807) is 20.3 Å². The minimum Gasteiger partial charge on any atom is -0.496 e. The molecule has 0 radical (unpaired) electrons. The number of halogens is 1. The van der Waals surface area contributed by atoms with Gasteiger partial charge in [-0.1, -0.05) is 15.9 Å². The quantitative estimate of drug-likeness (QED) is 0.452. The van der Waals surface area contributed by atoms with Gasteiger partial charge in [0, 0.05) is 36.8 Å². The van der Waals surface area contributed by atoms with Gasteiger partial charge in [0.2, 0.25) is 5.78 Å². The Morgan fingerprint density at radius 1 is 1.27 bits per heavy atom. The predicted molar refractivity (Wildman–Crippen MR) is 117 cm³/mol. The molecule has 0 fully saturated rings. The van der Waals surface area contributed by atoms with Gasteiger partial charge in [0.05, 0.1) is 18.2 Å². The van der Waals surface area contributed by atoms with Crippen molar-refractivity contribution in [1.82, 2.24) is 4.90 Å². The van der Waals surface area contributed by atoms with Gasteiger partial charge < -0.3 is 18.9 Å². The lowest BCUT2D eigenvalue weighted by Gasteiger charge is -2.30. The summed E-state index contributed by atoms with van der Waals surface area (Å²) in [7, 11) is 3.30. The highest BCUT2D eigenvalue weighted by molar-refractivity contribution is 9.10. The summed E-state index contributed by atoms with van der Waals surface area (Å²) in [5, 5.41) is 0. The molecule has 2 aromatic carbocycles. The zero-order chi connectivity index (χ0) is 21.3. The third kappa shape index (κ3) is 3.97. The lowest BCUT2D eigenvalue weighted by Crippen LogP contribution is -2.33. The molecule has 0 spiro atoms. The molecule has 158 valence electrons. The average molecular weight is 474 g/mol. The van der Waals surface area contributed by atoms with Gasteiger partial charge >= 0.3 is 0 Å². The van der Waals surface area contributed by atoms with Crippen molar-refractivity contribution in [2.75, 3.05) is 34.1 Å². The number of hydrogen-bond donors (Lipinski definition) is 0. The Morgan fingerprint density at radius 2 is 2.10 bits per heavy atom. The van der Waals surface area contributed by atoms with Crippen LogP contribution in [0.3, 0.4) is 0 Å². The van der Waals surface area contributed by atoms with Crippen molar-refractivity contribution in [2.24, 2.45) is 0 Å². The Morgan fingerprint density at radius 3 is 2.87 bits per heavy atom. The number of benzene rings is 2. The first kappa shape index (κ1) is 20.9. The first-order valence-corrected chi connectivity index (χ1v) is 10.6. The van der Waals surface area contributed by atoms with Gasteiger partial charge in [-0.25, -0.2) is 0 Å². The van der Waals surface area contributed by atoms with Crippen LogP contribution in [0.25, 0.3) is 6.08 Å². The molecule has 6 nitrogen and oxygen atoms in total. The maximum atomic E-state index is 13.2. The van der Waals surface area contributed by atoms with Crippen LogP contribution < -0.4 is 14.2 Å². The Balaban J connectivity index is 1.67. The van der Waals surface area contributed by atoms with E-state index in [4.69, 9.17) is 18.9 Å². The van der Waals surface area contributed by atoms with Crippen molar-refractivity contribution in [2.45, 2.75) is 19.9 Å². The summed E-state index contributed by atoms with van der Waals surface area (Å²) >= 11 is 3.47. The van der Waals surface area contributed by atoms with Crippen LogP contribution in [-0.4, -0.2) is 44.8 Å². The molecule has 0 saturated carbocycles. The van der Waals surface area contributed by atoms with E-state index >= 15 is 0 Å². The highest BCUT2D eigenvalue weighted by Gasteiger charge is 2.35. The molecule has 7 heteroatoms. The molecule has 30 heavy (non-hydrogen) atoms. The van der Waals surface area contributed by atoms with E-state index in [0.717, 1.165) is 39.9 Å². The Bertz CT molecular complexity index is 1020. The highest BCUT2D eigenvalue weighted by atomic mass is 79.9. The normalized spacial score (nSPS) is 16.8. The van der Waals surface area contributed by atoms with Crippen LogP contribution >= 0.6 is 15.9 Å². The van der Waals surface area contributed by atoms with Crippen molar-refractivity contribution in [3.05, 3.63) is 56.8 Å². The van der Waals surface area contributed by atoms with Crippen molar-refractivity contribution in [3.8, 4) is 17.2 Å². The fourth-order valence-electron chi connectivity index (χ4n) is 3.81. The molecule has 4 rings (SSSR count). The van der Waals surface area contributed by atoms with Crippen LogP contribution in [0.2, 0.25) is 0 Å². The minimum atomic E-state index is -0.121. The van der Waals surface area contributed by atoms with E-state index in [1.807, 2.05) is 31.2 Å². The summed E-state index contributed by atoms with van der Waals surface area (Å²) in [6.45, 7) is 4.65. The van der Waals surface area contributed by atoms with Crippen LogP contribution in [0.4, 0.5) is 0 Å². The topological polar surface area (TPSA) is 57.2 Å². The summed E-state index contributed by atoms with van der Waals surface area (Å²) in [5.41, 5.74) is 3.15. The molecule has 2 heterocycles. The van der Waals surface area contributed by atoms with E-state index in [0.29, 0.717) is 36.9 Å². The SMILES string of the molecule is COCCCN1COc2cc(C)c3c(c2C1)O/C(=C\c1cc(Br)ccc1OC)C3=O. The molecule has 0 saturated heterocycles. The van der Waals surface area contributed by atoms with E-state index in [2.05, 4.69) is 20.8 Å². The molecule has 2 aliphatic rings. The van der Waals surface area contributed by atoms with Gasteiger partial charge in [0.15, 0.2) is 5.76 Å². The van der Waals surface area contributed by atoms with Gasteiger partial charge in [-0.15, -0.1) is 0 Å². The number of hydrogen-bond acceptors (Lipinski definition) is 6. The van der Waals surface area contributed by atoms with Crippen LogP contribution in [0.15, 0.2) is 34.5 Å². The lowest BCUT2D eigenvalue weighted by molar-refractivity contribution is 0.0822. The van der Waals surface area contributed by atoms with Crippen LogP contribution in [0.1, 0.15) is 33.5 Å². The summed E-state index contributed by atoms with van der Waals surface area (Å²) in [5.74, 6) is 2.22. The molecule has 0 atom stereocenters. The summed E-state index contributed by atoms with van der Waals surface area (Å²) in [6, 6.07) is 7.57. The zero-order valence-corrected chi connectivity index (χ0v) is 18.9. The fraction of sp³-hybridized carbons (Fsp3) is 0.348. The van der Waals surface area contributed by atoms with E-state index in [1.165, 1.54) is 0 Å². The second kappa shape index (κ2) is 8.79. The van der Waals surface area contributed by atoms with Crippen LogP contribution in [0.5, 0.6) is 17.2 Å². The minimum absolute atomic E-state index is 0.121. The number of ketones is 1. The lowest BCUT2D eigenvalue weighted by atomic mass is 9.98. The average Bonchev–Trinajstić information content (AvgIpc) is 3.06. The number of nitrogens with zero attached hydrogens (tertiary/aromatic N) is 1. The van der Waals surface area contributed by atoms with E-state index in [-0.39, 0.29) is 11.5 Å². The van der Waals surface area contributed by atoms with Gasteiger partial charge in [-0.05, 0) is 49.2 Å². The van der Waals surface area contributed by atoms with Gasteiger partial charge in [-0.2, -0.15) is 0 Å². The van der Waals surface area contributed by atoms with Crippen LogP contribution in [0, 0.1) is 6.92 Å². The number of methoxy groups -OCH3 is 2. The largest absolute Gasteiger partial charge is 0.496 e. The standard InChI is InChI=1S/C23H24BrNO5/c1-14-9-19-17(12-25(13-29-19)7-4-8-27-2)23-21(14)22(26)20(30-23)11-15-10-16(24)5-6-18(15)28-3/h5-6,9-11H,4,7-8,12-13H2,1-3H3/b20-11-. The molecule has 0 N–H and O–H groups in total. The molecule has 0 bridgehead atoms. The summed E-state index contributed by atoms with van der Waals surface area (Å²) in [6.07, 6.45) is 2.65. The molecular weight excluding hydrogens is 450 g/mol. The van der Waals surface area contributed by atoms with Crippen molar-refractivity contribution >= 4 is 27.8 Å². The smallest absolute Gasteiger partial charge is 0.232 e. The summed E-state index contributed by atoms with van der Waals surface area (Å²) in [4.78, 5) is 15.4. The number of allylic oxidation sites excluding steroid dienone is 1. The van der Waals surface area contributed by atoms with Gasteiger partial charge in [0.25, 0.3) is 0 Å². The van der Waals surface area contributed by atoms with E-state index < -0.39 is 0 Å². The number of carbonyl (C=O) groups is 1. The number of rotatable bonds is 6. The first-order valence-electron chi connectivity index (χ1n) is 9.80. The Kier molecular flexibility index (Phi) is 6.13. The van der Waals surface area contributed by atoms with Gasteiger partial charge in [0.1, 0.15) is 24.0 Å². The van der Waals surface area contributed by atoms with Crippen molar-refractivity contribution < 1.29 is 23.7 Å². The van der Waals surface area contributed by atoms with E-state index in [9.17, 15) is 4.79 Å². The molecule has 0 unspecified atom stereocenters. The monoisotopic (exact) mass is 473 g/mol. The summed E-state index contributed by atoms with van der Waals surface area (Å²) < 4.78 is 23.6. The molecule has 0 aliphatic carbocycles. The number of fused-ring (bicyclic) bond motifs is 3. The van der Waals surface area contributed by atoms with Crippen molar-refractivity contribution in [3.63, 3.8) is 0 Å². The second-order valence-corrected chi connectivity index (χ2v) is 8.29. The van der Waals surface area contributed by atoms with Gasteiger partial charge in [-0.3, -0.25) is 9.69 Å². The fourth-order valence-corrected chi connectivity index (χ4v) is 4.19. The maximum Gasteiger partial charge on any atom is 0.232 e. The third-order valence-corrected chi connectivity index (χ3v) is 5.78. The Hall–Kier alpha value is -2.35. The predicted octanol–water partition coefficient (Wildman–Crippen LogP) is 4.57. The molecule has 0 aromatic heterocycles. The number of aryl methyl sites for hydroxylation is 1. The number of carbonyl (C=O) groups excluding carboxylic acids is 1. The number of ether oxygens (including phenoxy) is 4. The molecule has 2 aromatic rings. The first-order chi connectivity index (χ1) is 14.5. The zero-order valence-electron chi connectivity index (χ0n) is 17.3. The second-order valence-electron chi connectivity index (χ2n) is 7.37. The third-order valence-electron chi connectivity index (χ3n) is 5.29. The molecular formula is C23H24BrNO5. The van der Waals surface area contributed by atoms with Crippen molar-refractivity contribution in [1.29, 1.82) is 0 Å².